The van der Waals surface area contributed by atoms with Crippen molar-refractivity contribution in [2.45, 2.75) is 73.1 Å². The molecule has 10 nitrogen and oxygen atoms in total. The van der Waals surface area contributed by atoms with E-state index in [1.807, 2.05) is 32.0 Å². The van der Waals surface area contributed by atoms with E-state index in [4.69, 9.17) is 13.8 Å². The fraction of sp³-hybridized carbons (Fsp3) is 0.353. The van der Waals surface area contributed by atoms with Gasteiger partial charge in [0.2, 0.25) is 6.73 Å². The molecule has 0 aliphatic rings. The van der Waals surface area contributed by atoms with Crippen molar-refractivity contribution in [2.24, 2.45) is 0 Å². The number of ether oxygens (including phenoxy) is 1. The maximum atomic E-state index is 14.4. The molecule has 4 aromatic rings. The van der Waals surface area contributed by atoms with Gasteiger partial charge in [-0.1, -0.05) is 37.3 Å². The third kappa shape index (κ3) is 7.90. The van der Waals surface area contributed by atoms with Gasteiger partial charge in [0, 0.05) is 30.2 Å². The lowest BCUT2D eigenvalue weighted by molar-refractivity contribution is -0.720. The van der Waals surface area contributed by atoms with Crippen LogP contribution in [0.4, 0.5) is 14.5 Å². The van der Waals surface area contributed by atoms with Gasteiger partial charge in [-0.3, -0.25) is 9.32 Å². The first-order chi connectivity index (χ1) is 21.9. The molecule has 0 saturated carbocycles. The molecule has 0 aliphatic heterocycles. The van der Waals surface area contributed by atoms with Gasteiger partial charge < -0.3 is 20.2 Å². The predicted octanol–water partition coefficient (Wildman–Crippen LogP) is 7.92. The molecular formula is C34H41F2N3O7P+. The van der Waals surface area contributed by atoms with Crippen LogP contribution < -0.4 is 14.6 Å². The van der Waals surface area contributed by atoms with Crippen LogP contribution in [0.2, 0.25) is 0 Å². The molecule has 13 heteroatoms. The zero-order valence-electron chi connectivity index (χ0n) is 27.7. The summed E-state index contributed by atoms with van der Waals surface area (Å²) in [6.45, 7) is 11.0. The molecule has 0 saturated heterocycles. The number of nitrogens with one attached hydrogen (secondary N) is 1. The van der Waals surface area contributed by atoms with E-state index < -0.39 is 38.4 Å². The average Bonchev–Trinajstić information content (AvgIpc) is 3.23. The minimum atomic E-state index is -4.61. The van der Waals surface area contributed by atoms with Crippen LogP contribution in [0, 0.1) is 20.8 Å². The second-order valence-electron chi connectivity index (χ2n) is 12.2. The van der Waals surface area contributed by atoms with Crippen LogP contribution in [0.5, 0.6) is 5.75 Å². The monoisotopic (exact) mass is 672 g/mol. The second-order valence-corrected chi connectivity index (χ2v) is 13.6. The molecule has 3 N–H and O–H groups in total. The zero-order valence-corrected chi connectivity index (χ0v) is 28.6. The summed E-state index contributed by atoms with van der Waals surface area (Å²) < 4.78 is 59.9. The fourth-order valence-electron chi connectivity index (χ4n) is 5.36. The molecule has 0 aliphatic carbocycles. The Morgan fingerprint density at radius 2 is 1.66 bits per heavy atom. The number of phosphoric acid groups is 1. The number of carbonyl (C=O) groups excluding carboxylic acids is 1. The summed E-state index contributed by atoms with van der Waals surface area (Å²) in [5.41, 5.74) is 2.66. The summed E-state index contributed by atoms with van der Waals surface area (Å²) in [7, 11) is -3.06. The Hall–Kier alpha value is -4.09. The number of methoxy groups -OCH3 is 1. The van der Waals surface area contributed by atoms with Gasteiger partial charge >= 0.3 is 19.6 Å². The summed E-state index contributed by atoms with van der Waals surface area (Å²) in [6, 6.07) is 16.3. The molecule has 4 rings (SSSR count). The number of anilines is 1. The van der Waals surface area contributed by atoms with Crippen molar-refractivity contribution in [2.75, 3.05) is 12.4 Å². The van der Waals surface area contributed by atoms with Crippen LogP contribution >= 0.6 is 7.82 Å². The number of aryl methyl sites for hydroxylation is 2. The Labute approximate surface area is 273 Å². The van der Waals surface area contributed by atoms with Crippen LogP contribution in [0.1, 0.15) is 67.0 Å². The third-order valence-corrected chi connectivity index (χ3v) is 8.79. The SMILES string of the molecule is CCC(F)(F)c1cccc(NC(=O)c2c(C)[n+](COP(=O)(O)OC(C)(C)C)c(-c3ccc(OC)c(-c4c(C)cccc4C)c3)n2O)c1. The maximum absolute atomic E-state index is 14.4. The van der Waals surface area contributed by atoms with Crippen molar-refractivity contribution in [1.82, 2.24) is 4.73 Å². The molecule has 1 unspecified atom stereocenters. The zero-order chi connectivity index (χ0) is 34.9. The normalized spacial score (nSPS) is 13.3. The second kappa shape index (κ2) is 13.6. The first-order valence-corrected chi connectivity index (χ1v) is 16.5. The van der Waals surface area contributed by atoms with Crippen molar-refractivity contribution in [3.05, 3.63) is 88.7 Å². The number of carbonyl (C=O) groups is 1. The first kappa shape index (κ1) is 35.8. The lowest BCUT2D eigenvalue weighted by Gasteiger charge is -2.22. The molecule has 3 aromatic carbocycles. The highest BCUT2D eigenvalue weighted by molar-refractivity contribution is 7.47. The van der Waals surface area contributed by atoms with Gasteiger partial charge in [-0.25, -0.2) is 17.9 Å². The molecular weight excluding hydrogens is 631 g/mol. The number of amides is 1. The Balaban J connectivity index is 1.87. The van der Waals surface area contributed by atoms with E-state index in [1.165, 1.54) is 42.7 Å². The Morgan fingerprint density at radius 1 is 1.02 bits per heavy atom. The first-order valence-electron chi connectivity index (χ1n) is 15.0. The number of aromatic nitrogens is 2. The van der Waals surface area contributed by atoms with Crippen molar-refractivity contribution >= 4 is 19.4 Å². The lowest BCUT2D eigenvalue weighted by atomic mass is 9.93. The molecule has 47 heavy (non-hydrogen) atoms. The van der Waals surface area contributed by atoms with Gasteiger partial charge in [-0.2, -0.15) is 4.57 Å². The van der Waals surface area contributed by atoms with E-state index in [2.05, 4.69) is 5.32 Å². The number of rotatable bonds is 11. The third-order valence-electron chi connectivity index (χ3n) is 7.56. The van der Waals surface area contributed by atoms with Gasteiger partial charge in [0.25, 0.3) is 11.6 Å². The van der Waals surface area contributed by atoms with E-state index in [-0.39, 0.29) is 28.5 Å². The average molecular weight is 673 g/mol. The van der Waals surface area contributed by atoms with Gasteiger partial charge in [0.05, 0.1) is 18.3 Å². The number of nitrogens with zero attached hydrogens (tertiary/aromatic N) is 2. The standard InChI is InChI=1S/C34H40F2N3O7P/c1-9-34(35,36)25-14-11-15-26(19-25)37-31(40)30-23(4)38(20-45-47(42,43)46-33(5,6)7)32(39(30)41)24-16-17-28(44-8)27(18-24)29-21(2)12-10-13-22(29)3/h10-19H,9,20H2,1-8H3,(H2-,37,40,41,42,43)/p+1. The van der Waals surface area contributed by atoms with Crippen LogP contribution in [0.25, 0.3) is 22.5 Å². The summed E-state index contributed by atoms with van der Waals surface area (Å²) in [4.78, 5) is 24.1. The van der Waals surface area contributed by atoms with E-state index >= 15 is 0 Å². The number of phosphoric ester groups is 1. The van der Waals surface area contributed by atoms with Crippen molar-refractivity contribution in [3.8, 4) is 28.3 Å². The summed E-state index contributed by atoms with van der Waals surface area (Å²) in [5, 5.41) is 14.2. The highest BCUT2D eigenvalue weighted by Crippen LogP contribution is 2.47. The highest BCUT2D eigenvalue weighted by Gasteiger charge is 2.38. The number of imidazole rings is 1. The fourth-order valence-corrected chi connectivity index (χ4v) is 6.37. The predicted molar refractivity (Wildman–Crippen MR) is 174 cm³/mol. The van der Waals surface area contributed by atoms with Crippen LogP contribution in [0.3, 0.4) is 0 Å². The number of hydrogen-bond acceptors (Lipinski definition) is 6. The van der Waals surface area contributed by atoms with Crippen LogP contribution in [0.15, 0.2) is 60.7 Å². The molecule has 252 valence electrons. The molecule has 0 spiro atoms. The minimum absolute atomic E-state index is 0.0322. The van der Waals surface area contributed by atoms with Crippen molar-refractivity contribution in [1.29, 1.82) is 0 Å². The summed E-state index contributed by atoms with van der Waals surface area (Å²) in [5.74, 6) is -3.33. The molecule has 1 aromatic heterocycles. The van der Waals surface area contributed by atoms with Crippen LogP contribution in [-0.2, 0) is 26.3 Å². The minimum Gasteiger partial charge on any atom is -0.496 e. The van der Waals surface area contributed by atoms with Gasteiger partial charge in [-0.15, -0.1) is 0 Å². The summed E-state index contributed by atoms with van der Waals surface area (Å²) in [6.07, 6.45) is -0.425. The lowest BCUT2D eigenvalue weighted by Crippen LogP contribution is -2.39. The van der Waals surface area contributed by atoms with E-state index in [0.29, 0.717) is 21.6 Å². The molecule has 0 bridgehead atoms. The number of hydrogen-bond donors (Lipinski definition) is 3. The maximum Gasteiger partial charge on any atom is 0.475 e. The van der Waals surface area contributed by atoms with E-state index in [0.717, 1.165) is 16.7 Å². The van der Waals surface area contributed by atoms with Gasteiger partial charge in [-0.05, 0) is 86.4 Å². The van der Waals surface area contributed by atoms with Gasteiger partial charge in [0.15, 0.2) is 5.69 Å². The highest BCUT2D eigenvalue weighted by atomic mass is 31.2. The quantitative estimate of drug-likeness (QED) is 0.0840. The van der Waals surface area contributed by atoms with Crippen LogP contribution in [-0.4, -0.2) is 33.4 Å². The molecule has 1 amide bonds. The number of halogens is 2. The topological polar surface area (TPSA) is 123 Å². The smallest absolute Gasteiger partial charge is 0.475 e. The molecule has 1 heterocycles. The molecule has 0 radical (unpaired) electrons. The number of alkyl halides is 2. The van der Waals surface area contributed by atoms with E-state index in [9.17, 15) is 28.2 Å². The Kier molecular flexibility index (Phi) is 10.3. The van der Waals surface area contributed by atoms with Crippen molar-refractivity contribution < 1.29 is 46.6 Å². The Morgan fingerprint density at radius 3 is 2.26 bits per heavy atom. The van der Waals surface area contributed by atoms with Crippen molar-refractivity contribution in [3.63, 3.8) is 0 Å². The van der Waals surface area contributed by atoms with E-state index in [1.54, 1.807) is 46.1 Å². The Bertz CT molecular complexity index is 1830. The molecule has 0 fully saturated rings. The molecule has 1 atom stereocenters. The largest absolute Gasteiger partial charge is 0.496 e. The summed E-state index contributed by atoms with van der Waals surface area (Å²) >= 11 is 0. The van der Waals surface area contributed by atoms with Gasteiger partial charge in [0.1, 0.15) is 5.75 Å². The number of benzene rings is 3.